The van der Waals surface area contributed by atoms with Gasteiger partial charge in [0.2, 0.25) is 11.7 Å². The van der Waals surface area contributed by atoms with Crippen molar-refractivity contribution in [2.75, 3.05) is 22.5 Å². The second-order valence-electron chi connectivity index (χ2n) is 8.93. The number of ether oxygens (including phenoxy) is 1. The van der Waals surface area contributed by atoms with Crippen molar-refractivity contribution in [2.45, 2.75) is 11.8 Å². The van der Waals surface area contributed by atoms with Crippen molar-refractivity contribution in [1.82, 2.24) is 15.1 Å². The highest BCUT2D eigenvalue weighted by atomic mass is 32.2. The molecule has 0 radical (unpaired) electrons. The normalized spacial score (nSPS) is 11.0. The summed E-state index contributed by atoms with van der Waals surface area (Å²) in [5, 5.41) is 9.45. The number of methoxy groups -OCH3 is 1. The van der Waals surface area contributed by atoms with E-state index < -0.39 is 10.0 Å². The number of rotatable bonds is 9. The SMILES string of the molecule is COc1cc(NC(=O)c2cccnc2)ccc1-c1noc(-c2cccc(NS(=O)(=O)c3ccc(NC(C)=O)cc3)c2)n1. The van der Waals surface area contributed by atoms with E-state index in [2.05, 4.69) is 30.5 Å². The summed E-state index contributed by atoms with van der Waals surface area (Å²) < 4.78 is 39.3. The minimum atomic E-state index is -3.91. The number of benzene rings is 3. The molecule has 0 saturated heterocycles. The zero-order valence-electron chi connectivity index (χ0n) is 22.4. The van der Waals surface area contributed by atoms with Crippen molar-refractivity contribution in [3.8, 4) is 28.6 Å². The van der Waals surface area contributed by atoms with Crippen LogP contribution in [0.2, 0.25) is 0 Å². The van der Waals surface area contributed by atoms with E-state index in [1.165, 1.54) is 44.5 Å². The van der Waals surface area contributed by atoms with Gasteiger partial charge in [-0.1, -0.05) is 11.2 Å². The van der Waals surface area contributed by atoms with Crippen LogP contribution >= 0.6 is 0 Å². The zero-order valence-corrected chi connectivity index (χ0v) is 23.2. The molecule has 0 spiro atoms. The van der Waals surface area contributed by atoms with Gasteiger partial charge >= 0.3 is 0 Å². The molecular weight excluding hydrogens is 560 g/mol. The molecule has 12 nitrogen and oxygen atoms in total. The Morgan fingerprint density at radius 3 is 2.38 bits per heavy atom. The predicted octanol–water partition coefficient (Wildman–Crippen LogP) is 4.82. The molecule has 42 heavy (non-hydrogen) atoms. The number of hydrogen-bond acceptors (Lipinski definition) is 9. The van der Waals surface area contributed by atoms with Gasteiger partial charge in [0.25, 0.3) is 21.8 Å². The van der Waals surface area contributed by atoms with E-state index in [0.717, 1.165) is 0 Å². The number of sulfonamides is 1. The van der Waals surface area contributed by atoms with Crippen molar-refractivity contribution in [3.63, 3.8) is 0 Å². The van der Waals surface area contributed by atoms with Crippen LogP contribution < -0.4 is 20.1 Å². The number of amides is 2. The molecule has 0 aliphatic rings. The maximum atomic E-state index is 12.9. The number of nitrogens with one attached hydrogen (secondary N) is 3. The largest absolute Gasteiger partial charge is 0.496 e. The minimum Gasteiger partial charge on any atom is -0.496 e. The maximum absolute atomic E-state index is 12.9. The van der Waals surface area contributed by atoms with Gasteiger partial charge < -0.3 is 19.9 Å². The van der Waals surface area contributed by atoms with Crippen molar-refractivity contribution in [2.24, 2.45) is 0 Å². The van der Waals surface area contributed by atoms with Crippen molar-refractivity contribution in [1.29, 1.82) is 0 Å². The molecular formula is C29H24N6O6S. The van der Waals surface area contributed by atoms with Gasteiger partial charge in [-0.2, -0.15) is 4.98 Å². The lowest BCUT2D eigenvalue weighted by Gasteiger charge is -2.10. The standard InChI is InChI=1S/C29H24N6O6S/c1-18(36)31-21-8-11-24(12-9-21)42(38,39)35-23-7-3-5-19(15-23)29-33-27(34-41-29)25-13-10-22(16-26(25)40-2)32-28(37)20-6-4-14-30-17-20/h3-17,35H,1-2H3,(H,31,36)(H,32,37). The highest BCUT2D eigenvalue weighted by Gasteiger charge is 2.18. The summed E-state index contributed by atoms with van der Waals surface area (Å²) in [4.78, 5) is 32.1. The van der Waals surface area contributed by atoms with Gasteiger partial charge in [-0.15, -0.1) is 0 Å². The van der Waals surface area contributed by atoms with Crippen LogP contribution in [0.4, 0.5) is 17.1 Å². The molecule has 5 rings (SSSR count). The van der Waals surface area contributed by atoms with Gasteiger partial charge in [-0.3, -0.25) is 19.3 Å². The lowest BCUT2D eigenvalue weighted by Crippen LogP contribution is -2.13. The fourth-order valence-corrected chi connectivity index (χ4v) is 5.00. The number of carbonyl (C=O) groups is 2. The Kier molecular flexibility index (Phi) is 7.93. The van der Waals surface area contributed by atoms with Crippen molar-refractivity contribution in [3.05, 3.63) is 96.8 Å². The number of anilines is 3. The quantitative estimate of drug-likeness (QED) is 0.220. The number of carbonyl (C=O) groups excluding carboxylic acids is 2. The van der Waals surface area contributed by atoms with Crippen LogP contribution in [0.5, 0.6) is 5.75 Å². The van der Waals surface area contributed by atoms with Gasteiger partial charge in [0.05, 0.1) is 23.1 Å². The van der Waals surface area contributed by atoms with Gasteiger partial charge in [-0.05, 0) is 66.7 Å². The van der Waals surface area contributed by atoms with Crippen LogP contribution in [0, 0.1) is 0 Å². The molecule has 0 fully saturated rings. The lowest BCUT2D eigenvalue weighted by atomic mass is 10.1. The fourth-order valence-electron chi connectivity index (χ4n) is 3.95. The number of pyridine rings is 1. The van der Waals surface area contributed by atoms with Crippen LogP contribution in [-0.2, 0) is 14.8 Å². The average molecular weight is 585 g/mol. The van der Waals surface area contributed by atoms with E-state index in [1.54, 1.807) is 60.8 Å². The van der Waals surface area contributed by atoms with Crippen molar-refractivity contribution >= 4 is 38.9 Å². The van der Waals surface area contributed by atoms with Gasteiger partial charge in [0.1, 0.15) is 5.75 Å². The Morgan fingerprint density at radius 1 is 0.881 bits per heavy atom. The molecule has 0 bridgehead atoms. The number of nitrogens with zero attached hydrogens (tertiary/aromatic N) is 3. The van der Waals surface area contributed by atoms with E-state index in [0.29, 0.717) is 33.8 Å². The lowest BCUT2D eigenvalue weighted by molar-refractivity contribution is -0.114. The molecule has 0 atom stereocenters. The molecule has 2 heterocycles. The summed E-state index contributed by atoms with van der Waals surface area (Å²) in [6, 6.07) is 20.6. The zero-order chi connectivity index (χ0) is 29.7. The molecule has 2 aromatic heterocycles. The van der Waals surface area contributed by atoms with Crippen LogP contribution in [0.25, 0.3) is 22.8 Å². The molecule has 0 aliphatic heterocycles. The molecule has 0 aliphatic carbocycles. The monoisotopic (exact) mass is 584 g/mol. The molecule has 0 unspecified atom stereocenters. The summed E-state index contributed by atoms with van der Waals surface area (Å²) in [7, 11) is -2.43. The summed E-state index contributed by atoms with van der Waals surface area (Å²) in [5.41, 5.74) is 2.67. The third-order valence-electron chi connectivity index (χ3n) is 5.90. The molecule has 0 saturated carbocycles. The first kappa shape index (κ1) is 28.0. The van der Waals surface area contributed by atoms with Gasteiger partial charge in [0, 0.05) is 48.0 Å². The van der Waals surface area contributed by atoms with Crippen molar-refractivity contribution < 1.29 is 27.3 Å². The Bertz CT molecular complexity index is 1860. The summed E-state index contributed by atoms with van der Waals surface area (Å²) in [5.74, 6) is 0.207. The van der Waals surface area contributed by atoms with E-state index in [9.17, 15) is 18.0 Å². The molecule has 13 heteroatoms. The molecule has 5 aromatic rings. The third-order valence-corrected chi connectivity index (χ3v) is 7.29. The first-order valence-corrected chi connectivity index (χ1v) is 13.9. The Balaban J connectivity index is 1.33. The molecule has 3 N–H and O–H groups in total. The molecule has 212 valence electrons. The van der Waals surface area contributed by atoms with Gasteiger partial charge in [-0.25, -0.2) is 8.42 Å². The van der Waals surface area contributed by atoms with Crippen LogP contribution in [-0.4, -0.2) is 42.5 Å². The second-order valence-corrected chi connectivity index (χ2v) is 10.6. The van der Waals surface area contributed by atoms with E-state index >= 15 is 0 Å². The van der Waals surface area contributed by atoms with E-state index in [1.807, 2.05) is 0 Å². The fraction of sp³-hybridized carbons (Fsp3) is 0.0690. The Hall–Kier alpha value is -5.56. The first-order valence-electron chi connectivity index (χ1n) is 12.5. The predicted molar refractivity (Wildman–Crippen MR) is 155 cm³/mol. The molecule has 3 aromatic carbocycles. The number of hydrogen-bond donors (Lipinski definition) is 3. The highest BCUT2D eigenvalue weighted by Crippen LogP contribution is 2.33. The summed E-state index contributed by atoms with van der Waals surface area (Å²) in [6.07, 6.45) is 3.05. The summed E-state index contributed by atoms with van der Waals surface area (Å²) >= 11 is 0. The van der Waals surface area contributed by atoms with E-state index in [4.69, 9.17) is 9.26 Å². The molecule has 2 amide bonds. The minimum absolute atomic E-state index is 0.0225. The van der Waals surface area contributed by atoms with Crippen LogP contribution in [0.1, 0.15) is 17.3 Å². The van der Waals surface area contributed by atoms with Crippen LogP contribution in [0.3, 0.4) is 0 Å². The average Bonchev–Trinajstić information content (AvgIpc) is 3.48. The Morgan fingerprint density at radius 2 is 1.67 bits per heavy atom. The van der Waals surface area contributed by atoms with Crippen LogP contribution in [0.15, 0.2) is 101 Å². The highest BCUT2D eigenvalue weighted by molar-refractivity contribution is 7.92. The number of aromatic nitrogens is 3. The maximum Gasteiger partial charge on any atom is 0.261 e. The summed E-state index contributed by atoms with van der Waals surface area (Å²) in [6.45, 7) is 1.37. The first-order chi connectivity index (χ1) is 20.2. The smallest absolute Gasteiger partial charge is 0.261 e. The second kappa shape index (κ2) is 11.9. The third kappa shape index (κ3) is 6.42. The van der Waals surface area contributed by atoms with E-state index in [-0.39, 0.29) is 34.1 Å². The topological polar surface area (TPSA) is 165 Å². The Labute approximate surface area is 240 Å². The van der Waals surface area contributed by atoms with Gasteiger partial charge in [0.15, 0.2) is 0 Å².